The van der Waals surface area contributed by atoms with Crippen molar-refractivity contribution >= 4 is 16.0 Å². The summed E-state index contributed by atoms with van der Waals surface area (Å²) in [6.45, 7) is 13.1. The summed E-state index contributed by atoms with van der Waals surface area (Å²) < 4.78 is 42.1. The largest absolute Gasteiger partial charge is 0.477 e. The quantitative estimate of drug-likeness (QED) is 0.305. The molecule has 3 aromatic rings. The van der Waals surface area contributed by atoms with E-state index in [2.05, 4.69) is 39.5 Å². The number of hydrogen-bond donors (Lipinski definition) is 1. The normalized spacial score (nSPS) is 23.0. The lowest BCUT2D eigenvalue weighted by molar-refractivity contribution is -0.0394. The molecule has 2 atom stereocenters. The van der Waals surface area contributed by atoms with E-state index in [1.807, 2.05) is 50.2 Å². The first-order chi connectivity index (χ1) is 21.6. The number of methoxy groups -OCH3 is 1. The zero-order valence-electron chi connectivity index (χ0n) is 27.4. The zero-order valence-corrected chi connectivity index (χ0v) is 28.2. The van der Waals surface area contributed by atoms with Crippen LogP contribution < -0.4 is 9.46 Å². The Kier molecular flexibility index (Phi) is 9.24. The minimum absolute atomic E-state index is 0.0193. The van der Waals surface area contributed by atoms with E-state index in [9.17, 15) is 8.42 Å². The predicted molar refractivity (Wildman–Crippen MR) is 178 cm³/mol. The van der Waals surface area contributed by atoms with Gasteiger partial charge >= 0.3 is 0 Å². The van der Waals surface area contributed by atoms with Crippen molar-refractivity contribution in [1.29, 1.82) is 0 Å². The molecule has 0 radical (unpaired) electrons. The lowest BCUT2D eigenvalue weighted by atomic mass is 9.52. The molecular formula is C36H48N4O4S. The molecule has 9 heteroatoms. The van der Waals surface area contributed by atoms with Gasteiger partial charge in [-0.1, -0.05) is 44.2 Å². The first kappa shape index (κ1) is 32.0. The summed E-state index contributed by atoms with van der Waals surface area (Å²) in [7, 11) is -2.16. The molecule has 1 unspecified atom stereocenters. The highest BCUT2D eigenvalue weighted by Crippen LogP contribution is 2.59. The maximum atomic E-state index is 13.8. The molecule has 1 aliphatic carbocycles. The van der Waals surface area contributed by atoms with Gasteiger partial charge in [-0.05, 0) is 111 Å². The number of aryl methyl sites for hydroxylation is 2. The molecule has 2 aliphatic heterocycles. The van der Waals surface area contributed by atoms with Crippen LogP contribution in [0, 0.1) is 37.0 Å². The number of likely N-dealkylation sites (tertiary alicyclic amines) is 1. The van der Waals surface area contributed by atoms with E-state index in [4.69, 9.17) is 9.47 Å². The molecule has 45 heavy (non-hydrogen) atoms. The number of benzene rings is 2. The van der Waals surface area contributed by atoms with Gasteiger partial charge in [0.1, 0.15) is 0 Å². The van der Waals surface area contributed by atoms with Crippen molar-refractivity contribution in [3.63, 3.8) is 0 Å². The van der Waals surface area contributed by atoms with Crippen LogP contribution in [0.3, 0.4) is 0 Å². The van der Waals surface area contributed by atoms with Gasteiger partial charge in [0, 0.05) is 31.2 Å². The van der Waals surface area contributed by atoms with E-state index in [-0.39, 0.29) is 22.7 Å². The van der Waals surface area contributed by atoms with Crippen molar-refractivity contribution in [3.8, 4) is 17.1 Å². The predicted octanol–water partition coefficient (Wildman–Crippen LogP) is 6.84. The van der Waals surface area contributed by atoms with Crippen LogP contribution in [0.15, 0.2) is 53.4 Å². The molecule has 6 rings (SSSR count). The monoisotopic (exact) mass is 632 g/mol. The van der Waals surface area contributed by atoms with E-state index in [1.165, 1.54) is 25.7 Å². The van der Waals surface area contributed by atoms with Gasteiger partial charge < -0.3 is 14.4 Å². The van der Waals surface area contributed by atoms with Gasteiger partial charge in [-0.15, -0.1) is 0 Å². The number of aromatic nitrogens is 2. The Morgan fingerprint density at radius 3 is 2.44 bits per heavy atom. The molecule has 0 amide bonds. The molecule has 1 saturated heterocycles. The second-order valence-electron chi connectivity index (χ2n) is 14.1. The highest BCUT2D eigenvalue weighted by molar-refractivity contribution is 7.92. The molecule has 1 spiro atoms. The van der Waals surface area contributed by atoms with Crippen LogP contribution in [0.25, 0.3) is 11.3 Å². The van der Waals surface area contributed by atoms with E-state index >= 15 is 0 Å². The van der Waals surface area contributed by atoms with Gasteiger partial charge in [-0.25, -0.2) is 18.1 Å². The fourth-order valence-electron chi connectivity index (χ4n) is 8.19. The molecular weight excluding hydrogens is 584 g/mol. The maximum absolute atomic E-state index is 13.8. The minimum Gasteiger partial charge on any atom is -0.477 e. The Morgan fingerprint density at radius 1 is 1.04 bits per heavy atom. The van der Waals surface area contributed by atoms with Crippen LogP contribution >= 0.6 is 0 Å². The number of nitrogens with zero attached hydrogens (tertiary/aromatic N) is 3. The molecule has 8 nitrogen and oxygen atoms in total. The summed E-state index contributed by atoms with van der Waals surface area (Å²) in [6.07, 6.45) is 5.76. The zero-order chi connectivity index (χ0) is 31.8. The SMILES string of the molecule is COCCN1CCC2(CC1)CC(C1c3cccc(c3)S(=O)(=O)Nc3nc(cc(-c4c(C)cccc4C)n3)OC[C@H]1CC(C)C)C2. The third-order valence-electron chi connectivity index (χ3n) is 10.4. The molecule has 1 saturated carbocycles. The molecule has 242 valence electrons. The minimum atomic E-state index is -3.93. The van der Waals surface area contributed by atoms with E-state index in [1.54, 1.807) is 13.2 Å². The van der Waals surface area contributed by atoms with Gasteiger partial charge in [0.25, 0.3) is 10.0 Å². The second kappa shape index (κ2) is 13.0. The topological polar surface area (TPSA) is 93.7 Å². The number of fused-ring (bicyclic) bond motifs is 4. The van der Waals surface area contributed by atoms with Gasteiger partial charge in [-0.3, -0.25) is 0 Å². The third kappa shape index (κ3) is 6.91. The lowest BCUT2D eigenvalue weighted by Gasteiger charge is -2.55. The Balaban J connectivity index is 1.35. The number of nitrogens with one attached hydrogen (secondary N) is 1. The second-order valence-corrected chi connectivity index (χ2v) is 15.8. The van der Waals surface area contributed by atoms with Crippen molar-refractivity contribution in [3.05, 3.63) is 65.2 Å². The molecule has 3 heterocycles. The first-order valence-corrected chi connectivity index (χ1v) is 18.0. The third-order valence-corrected chi connectivity index (χ3v) is 11.7. The van der Waals surface area contributed by atoms with Gasteiger partial charge in [-0.2, -0.15) is 4.98 Å². The molecule has 4 bridgehead atoms. The average molecular weight is 633 g/mol. The number of anilines is 1. The van der Waals surface area contributed by atoms with Crippen molar-refractivity contribution in [2.75, 3.05) is 44.7 Å². The van der Waals surface area contributed by atoms with Crippen molar-refractivity contribution in [2.24, 2.45) is 23.2 Å². The Labute approximate surface area is 269 Å². The summed E-state index contributed by atoms with van der Waals surface area (Å²) in [5.41, 5.74) is 5.20. The fourth-order valence-corrected chi connectivity index (χ4v) is 9.19. The summed E-state index contributed by atoms with van der Waals surface area (Å²) in [4.78, 5) is 12.0. The standard InChI is InChI=1S/C36H48N4O4S/c1-24(2)18-28-23-44-32-20-31(33-25(3)8-6-9-26(33)4)37-35(38-32)39-45(41,42)30-11-7-10-27(19-30)34(28)29-21-36(22-29)12-14-40(15-13-36)16-17-43-5/h6-11,19-20,24,28-29,34H,12-18,21-23H2,1-5H3,(H,37,38,39)/t28-,34?/m1/s1. The fraction of sp³-hybridized carbons (Fsp3) is 0.556. The number of hydrogen-bond acceptors (Lipinski definition) is 7. The molecule has 1 aromatic heterocycles. The number of ether oxygens (including phenoxy) is 2. The highest BCUT2D eigenvalue weighted by atomic mass is 32.2. The maximum Gasteiger partial charge on any atom is 0.264 e. The number of piperidine rings is 1. The molecule has 2 aromatic carbocycles. The van der Waals surface area contributed by atoms with Crippen LogP contribution in [0.2, 0.25) is 0 Å². The van der Waals surface area contributed by atoms with Crippen LogP contribution in [-0.2, 0) is 14.8 Å². The smallest absolute Gasteiger partial charge is 0.264 e. The van der Waals surface area contributed by atoms with Crippen molar-refractivity contribution in [2.45, 2.75) is 70.6 Å². The molecule has 2 fully saturated rings. The number of rotatable bonds is 7. The first-order valence-electron chi connectivity index (χ1n) is 16.5. The van der Waals surface area contributed by atoms with E-state index in [0.29, 0.717) is 35.4 Å². The lowest BCUT2D eigenvalue weighted by Crippen LogP contribution is -2.50. The average Bonchev–Trinajstić information content (AvgIpc) is 2.98. The molecule has 1 N–H and O–H groups in total. The van der Waals surface area contributed by atoms with Gasteiger partial charge in [0.05, 0.1) is 23.8 Å². The van der Waals surface area contributed by atoms with Crippen molar-refractivity contribution < 1.29 is 17.9 Å². The van der Waals surface area contributed by atoms with Crippen LogP contribution in [0.4, 0.5) is 5.95 Å². The van der Waals surface area contributed by atoms with Crippen LogP contribution in [0.1, 0.15) is 68.6 Å². The Bertz CT molecular complexity index is 1590. The molecule has 3 aliphatic rings. The van der Waals surface area contributed by atoms with Gasteiger partial charge in [0.2, 0.25) is 11.8 Å². The summed E-state index contributed by atoms with van der Waals surface area (Å²) >= 11 is 0. The summed E-state index contributed by atoms with van der Waals surface area (Å²) in [6, 6.07) is 15.5. The summed E-state index contributed by atoms with van der Waals surface area (Å²) in [5, 5.41) is 0. The Hall–Kier alpha value is -3.01. The van der Waals surface area contributed by atoms with Gasteiger partial charge in [0.15, 0.2) is 0 Å². The Morgan fingerprint density at radius 2 is 1.76 bits per heavy atom. The highest BCUT2D eigenvalue weighted by Gasteiger charge is 2.50. The van der Waals surface area contributed by atoms with Crippen LogP contribution in [0.5, 0.6) is 5.88 Å². The number of sulfonamides is 1. The summed E-state index contributed by atoms with van der Waals surface area (Å²) in [5.74, 6) is 1.76. The van der Waals surface area contributed by atoms with Crippen molar-refractivity contribution in [1.82, 2.24) is 14.9 Å². The van der Waals surface area contributed by atoms with Crippen LogP contribution in [-0.4, -0.2) is 63.2 Å². The van der Waals surface area contributed by atoms with E-state index < -0.39 is 10.0 Å². The van der Waals surface area contributed by atoms with E-state index in [0.717, 1.165) is 54.9 Å².